The van der Waals surface area contributed by atoms with Crippen LogP contribution in [0.5, 0.6) is 11.5 Å². The maximum Gasteiger partial charge on any atom is 0.291 e. The van der Waals surface area contributed by atoms with Crippen LogP contribution in [-0.4, -0.2) is 11.8 Å². The number of amides is 2. The lowest BCUT2D eigenvalue weighted by Gasteiger charge is -2.09. The van der Waals surface area contributed by atoms with Crippen LogP contribution in [0.4, 0.5) is 11.4 Å². The third kappa shape index (κ3) is 4.74. The first-order chi connectivity index (χ1) is 14.7. The molecule has 0 aliphatic carbocycles. The smallest absolute Gasteiger partial charge is 0.291 e. The van der Waals surface area contributed by atoms with Crippen LogP contribution in [0.3, 0.4) is 0 Å². The lowest BCUT2D eigenvalue weighted by Crippen LogP contribution is -2.13. The highest BCUT2D eigenvalue weighted by atomic mass is 16.5. The molecule has 4 aromatic rings. The quantitative estimate of drug-likeness (QED) is 0.444. The Morgan fingerprint density at radius 2 is 1.33 bits per heavy atom. The Hall–Kier alpha value is -4.32. The minimum atomic E-state index is -0.363. The van der Waals surface area contributed by atoms with Crippen molar-refractivity contribution in [3.8, 4) is 11.5 Å². The monoisotopic (exact) mass is 398 g/mol. The van der Waals surface area contributed by atoms with Crippen molar-refractivity contribution in [1.29, 1.82) is 0 Å². The van der Waals surface area contributed by atoms with Crippen molar-refractivity contribution in [2.45, 2.75) is 0 Å². The number of benzene rings is 3. The van der Waals surface area contributed by atoms with Crippen molar-refractivity contribution in [3.05, 3.63) is 109 Å². The van der Waals surface area contributed by atoms with Crippen LogP contribution in [0.1, 0.15) is 20.9 Å². The van der Waals surface area contributed by atoms with E-state index >= 15 is 0 Å². The van der Waals surface area contributed by atoms with E-state index in [9.17, 15) is 9.59 Å². The second kappa shape index (κ2) is 8.79. The van der Waals surface area contributed by atoms with Crippen molar-refractivity contribution < 1.29 is 18.7 Å². The van der Waals surface area contributed by atoms with E-state index in [2.05, 4.69) is 10.6 Å². The Balaban J connectivity index is 1.39. The summed E-state index contributed by atoms with van der Waals surface area (Å²) in [5.74, 6) is 0.944. The van der Waals surface area contributed by atoms with Crippen molar-refractivity contribution in [2.24, 2.45) is 0 Å². The highest BCUT2D eigenvalue weighted by Gasteiger charge is 2.10. The first kappa shape index (κ1) is 19.0. The first-order valence-corrected chi connectivity index (χ1v) is 9.27. The van der Waals surface area contributed by atoms with Gasteiger partial charge in [-0.2, -0.15) is 0 Å². The van der Waals surface area contributed by atoms with Gasteiger partial charge in [-0.3, -0.25) is 9.59 Å². The molecule has 30 heavy (non-hydrogen) atoms. The van der Waals surface area contributed by atoms with E-state index in [4.69, 9.17) is 9.15 Å². The number of ether oxygens (including phenoxy) is 1. The van der Waals surface area contributed by atoms with E-state index < -0.39 is 0 Å². The van der Waals surface area contributed by atoms with Gasteiger partial charge in [0, 0.05) is 16.9 Å². The number of para-hydroxylation sites is 1. The molecule has 0 aliphatic rings. The Labute approximate surface area is 173 Å². The number of rotatable bonds is 6. The maximum absolute atomic E-state index is 12.5. The summed E-state index contributed by atoms with van der Waals surface area (Å²) < 4.78 is 10.8. The van der Waals surface area contributed by atoms with Crippen molar-refractivity contribution in [1.82, 2.24) is 0 Å². The van der Waals surface area contributed by atoms with E-state index in [0.717, 1.165) is 5.75 Å². The zero-order valence-electron chi connectivity index (χ0n) is 15.9. The summed E-state index contributed by atoms with van der Waals surface area (Å²) in [6.07, 6.45) is 1.43. The zero-order valence-corrected chi connectivity index (χ0v) is 15.9. The Bertz CT molecular complexity index is 1140. The number of carbonyl (C=O) groups excluding carboxylic acids is 2. The maximum atomic E-state index is 12.5. The van der Waals surface area contributed by atoms with Crippen LogP contribution >= 0.6 is 0 Å². The minimum Gasteiger partial charge on any atom is -0.459 e. The number of hydrogen-bond acceptors (Lipinski definition) is 4. The number of anilines is 2. The zero-order chi connectivity index (χ0) is 20.8. The molecule has 0 bridgehead atoms. The molecular weight excluding hydrogens is 380 g/mol. The molecule has 0 saturated carbocycles. The molecule has 0 spiro atoms. The van der Waals surface area contributed by atoms with E-state index in [0.29, 0.717) is 22.7 Å². The van der Waals surface area contributed by atoms with Gasteiger partial charge in [-0.25, -0.2) is 0 Å². The summed E-state index contributed by atoms with van der Waals surface area (Å²) in [6, 6.07) is 26.4. The van der Waals surface area contributed by atoms with E-state index in [1.165, 1.54) is 6.26 Å². The topological polar surface area (TPSA) is 80.6 Å². The van der Waals surface area contributed by atoms with Crippen molar-refractivity contribution in [2.75, 3.05) is 10.6 Å². The number of furan rings is 1. The van der Waals surface area contributed by atoms with Gasteiger partial charge in [0.15, 0.2) is 5.76 Å². The van der Waals surface area contributed by atoms with Crippen LogP contribution in [0.25, 0.3) is 0 Å². The summed E-state index contributed by atoms with van der Waals surface area (Å²) in [4.78, 5) is 24.6. The highest BCUT2D eigenvalue weighted by Crippen LogP contribution is 2.22. The number of nitrogens with one attached hydrogen (secondary N) is 2. The average molecular weight is 398 g/mol. The lowest BCUT2D eigenvalue weighted by molar-refractivity contribution is 0.0995. The summed E-state index contributed by atoms with van der Waals surface area (Å²) >= 11 is 0. The minimum absolute atomic E-state index is 0.210. The molecule has 0 unspecified atom stereocenters. The Morgan fingerprint density at radius 3 is 2.00 bits per heavy atom. The van der Waals surface area contributed by atoms with E-state index in [1.807, 2.05) is 30.3 Å². The van der Waals surface area contributed by atoms with Crippen molar-refractivity contribution >= 4 is 23.2 Å². The van der Waals surface area contributed by atoms with Gasteiger partial charge in [0.1, 0.15) is 11.5 Å². The molecule has 1 aromatic heterocycles. The lowest BCUT2D eigenvalue weighted by atomic mass is 10.2. The SMILES string of the molecule is O=C(Nc1cccc(NC(=O)c2ccco2)c1)c1ccc(Oc2ccccc2)cc1. The molecule has 2 N–H and O–H groups in total. The van der Waals surface area contributed by atoms with E-state index in [1.54, 1.807) is 60.7 Å². The molecule has 0 radical (unpaired) electrons. The largest absolute Gasteiger partial charge is 0.459 e. The van der Waals surface area contributed by atoms with Crippen LogP contribution < -0.4 is 15.4 Å². The molecule has 4 rings (SSSR count). The van der Waals surface area contributed by atoms with E-state index in [-0.39, 0.29) is 17.6 Å². The number of hydrogen-bond donors (Lipinski definition) is 2. The normalized spacial score (nSPS) is 10.3. The second-order valence-electron chi connectivity index (χ2n) is 6.41. The summed E-state index contributed by atoms with van der Waals surface area (Å²) in [5, 5.41) is 5.55. The van der Waals surface area contributed by atoms with Gasteiger partial charge in [-0.05, 0) is 66.7 Å². The molecule has 3 aromatic carbocycles. The predicted molar refractivity (Wildman–Crippen MR) is 114 cm³/mol. The van der Waals surface area contributed by atoms with Crippen molar-refractivity contribution in [3.63, 3.8) is 0 Å². The molecule has 0 fully saturated rings. The second-order valence-corrected chi connectivity index (χ2v) is 6.41. The third-order valence-corrected chi connectivity index (χ3v) is 4.22. The Morgan fingerprint density at radius 1 is 0.667 bits per heavy atom. The fourth-order valence-corrected chi connectivity index (χ4v) is 2.78. The molecular formula is C24H18N2O4. The summed E-state index contributed by atoms with van der Waals surface area (Å²) in [5.41, 5.74) is 1.59. The van der Waals surface area contributed by atoms with Crippen LogP contribution in [0.15, 0.2) is 102 Å². The molecule has 6 nitrogen and oxygen atoms in total. The van der Waals surface area contributed by atoms with Gasteiger partial charge in [0.2, 0.25) is 0 Å². The fourth-order valence-electron chi connectivity index (χ4n) is 2.78. The van der Waals surface area contributed by atoms with Gasteiger partial charge in [-0.1, -0.05) is 24.3 Å². The molecule has 2 amide bonds. The first-order valence-electron chi connectivity index (χ1n) is 9.27. The molecule has 0 saturated heterocycles. The third-order valence-electron chi connectivity index (χ3n) is 4.22. The van der Waals surface area contributed by atoms with Gasteiger partial charge < -0.3 is 19.8 Å². The molecule has 0 aliphatic heterocycles. The molecule has 148 valence electrons. The summed E-state index contributed by atoms with van der Waals surface area (Å²) in [6.45, 7) is 0. The Kier molecular flexibility index (Phi) is 5.57. The van der Waals surface area contributed by atoms with Gasteiger partial charge >= 0.3 is 0 Å². The molecule has 1 heterocycles. The van der Waals surface area contributed by atoms with Crippen LogP contribution in [0, 0.1) is 0 Å². The predicted octanol–water partition coefficient (Wildman–Crippen LogP) is 5.58. The van der Waals surface area contributed by atoms with Gasteiger partial charge in [0.05, 0.1) is 6.26 Å². The van der Waals surface area contributed by atoms with Gasteiger partial charge in [-0.15, -0.1) is 0 Å². The van der Waals surface area contributed by atoms with Gasteiger partial charge in [0.25, 0.3) is 11.8 Å². The molecule has 6 heteroatoms. The fraction of sp³-hybridized carbons (Fsp3) is 0. The highest BCUT2D eigenvalue weighted by molar-refractivity contribution is 6.05. The van der Waals surface area contributed by atoms with Crippen LogP contribution in [-0.2, 0) is 0 Å². The average Bonchev–Trinajstić information content (AvgIpc) is 3.30. The van der Waals surface area contributed by atoms with Crippen LogP contribution in [0.2, 0.25) is 0 Å². The molecule has 0 atom stereocenters. The number of carbonyl (C=O) groups is 2. The standard InChI is InChI=1S/C24H18N2O4/c27-23(17-11-13-21(14-12-17)30-20-8-2-1-3-9-20)25-18-6-4-7-19(16-18)26-24(28)22-10-5-15-29-22/h1-16H,(H,25,27)(H,26,28). The summed E-state index contributed by atoms with van der Waals surface area (Å²) in [7, 11) is 0.